The van der Waals surface area contributed by atoms with Crippen molar-refractivity contribution >= 4 is 49.3 Å². The highest BCUT2D eigenvalue weighted by Gasteiger charge is 2.12. The Kier molecular flexibility index (Phi) is 2.60. The molecule has 2 nitrogen and oxygen atoms in total. The van der Waals surface area contributed by atoms with E-state index in [-0.39, 0.29) is 0 Å². The molecular weight excluding hydrogens is 300 g/mol. The van der Waals surface area contributed by atoms with Crippen molar-refractivity contribution in [3.05, 3.63) is 40.1 Å². The number of rotatable bonds is 1. The molecule has 86 valence electrons. The molecule has 0 atom stereocenters. The van der Waals surface area contributed by atoms with Crippen LogP contribution in [0.1, 0.15) is 6.92 Å². The lowest BCUT2D eigenvalue weighted by Crippen LogP contribution is -1.93. The van der Waals surface area contributed by atoms with Crippen LogP contribution in [0.5, 0.6) is 0 Å². The normalized spacial score (nSPS) is 11.5. The number of hydrogen-bond acceptors (Lipinski definition) is 1. The lowest BCUT2D eigenvalue weighted by molar-refractivity contribution is 0.824. The van der Waals surface area contributed by atoms with Gasteiger partial charge in [0, 0.05) is 33.0 Å². The Morgan fingerprint density at radius 3 is 2.94 bits per heavy atom. The predicted octanol–water partition coefficient (Wildman–Crippen LogP) is 4.63. The topological polar surface area (TPSA) is 17.8 Å². The van der Waals surface area contributed by atoms with Crippen molar-refractivity contribution in [3.63, 3.8) is 0 Å². The highest BCUT2D eigenvalue weighted by molar-refractivity contribution is 9.10. The van der Waals surface area contributed by atoms with Gasteiger partial charge in [-0.25, -0.2) is 0 Å². The van der Waals surface area contributed by atoms with Gasteiger partial charge in [-0.15, -0.1) is 0 Å². The first kappa shape index (κ1) is 11.1. The zero-order chi connectivity index (χ0) is 12.0. The summed E-state index contributed by atoms with van der Waals surface area (Å²) in [4.78, 5) is 4.20. The van der Waals surface area contributed by atoms with Gasteiger partial charge < -0.3 is 4.57 Å². The van der Waals surface area contributed by atoms with E-state index in [9.17, 15) is 0 Å². The van der Waals surface area contributed by atoms with Gasteiger partial charge in [-0.1, -0.05) is 11.6 Å². The van der Waals surface area contributed by atoms with E-state index in [1.54, 1.807) is 0 Å². The Morgan fingerprint density at radius 1 is 1.35 bits per heavy atom. The van der Waals surface area contributed by atoms with Gasteiger partial charge in [-0.3, -0.25) is 4.98 Å². The molecule has 0 N–H and O–H groups in total. The van der Waals surface area contributed by atoms with Crippen LogP contribution in [0.3, 0.4) is 0 Å². The summed E-state index contributed by atoms with van der Waals surface area (Å²) >= 11 is 9.71. The monoisotopic (exact) mass is 308 g/mol. The molecule has 4 heteroatoms. The molecule has 0 radical (unpaired) electrons. The Morgan fingerprint density at radius 2 is 2.18 bits per heavy atom. The van der Waals surface area contributed by atoms with Gasteiger partial charge in [0.25, 0.3) is 0 Å². The van der Waals surface area contributed by atoms with E-state index in [1.165, 1.54) is 16.3 Å². The summed E-state index contributed by atoms with van der Waals surface area (Å²) in [7, 11) is 0. The van der Waals surface area contributed by atoms with Crippen molar-refractivity contribution in [1.29, 1.82) is 0 Å². The molecular formula is C13H10BrClN2. The van der Waals surface area contributed by atoms with Gasteiger partial charge in [-0.05, 0) is 41.1 Å². The maximum absolute atomic E-state index is 6.12. The Labute approximate surface area is 112 Å². The zero-order valence-electron chi connectivity index (χ0n) is 9.24. The van der Waals surface area contributed by atoms with Gasteiger partial charge >= 0.3 is 0 Å². The van der Waals surface area contributed by atoms with Gasteiger partial charge in [0.2, 0.25) is 0 Å². The molecule has 0 saturated carbocycles. The van der Waals surface area contributed by atoms with Crippen LogP contribution in [-0.2, 0) is 6.54 Å². The maximum atomic E-state index is 6.12. The first-order valence-electron chi connectivity index (χ1n) is 5.43. The summed E-state index contributed by atoms with van der Waals surface area (Å²) in [6, 6.07) is 5.98. The van der Waals surface area contributed by atoms with Crippen molar-refractivity contribution in [2.75, 3.05) is 0 Å². The Bertz CT molecular complexity index is 718. The molecule has 0 saturated heterocycles. The summed E-state index contributed by atoms with van der Waals surface area (Å²) in [5.41, 5.74) is 2.33. The fourth-order valence-electron chi connectivity index (χ4n) is 2.32. The van der Waals surface area contributed by atoms with Crippen LogP contribution in [0.4, 0.5) is 0 Å². The van der Waals surface area contributed by atoms with Gasteiger partial charge in [0.15, 0.2) is 0 Å². The van der Waals surface area contributed by atoms with Crippen LogP contribution < -0.4 is 0 Å². The summed E-state index contributed by atoms with van der Waals surface area (Å²) < 4.78 is 3.27. The minimum absolute atomic E-state index is 0.747. The van der Waals surface area contributed by atoms with Crippen LogP contribution in [0.15, 0.2) is 35.1 Å². The van der Waals surface area contributed by atoms with E-state index in [0.717, 1.165) is 21.6 Å². The number of pyridine rings is 1. The van der Waals surface area contributed by atoms with Crippen LogP contribution in [0.2, 0.25) is 5.02 Å². The SMILES string of the molecule is CCn1c2cnccc2c2cc(Cl)cc(Br)c21. The predicted molar refractivity (Wildman–Crippen MR) is 75.6 cm³/mol. The fraction of sp³-hybridized carbons (Fsp3) is 0.154. The molecule has 0 aliphatic rings. The summed E-state index contributed by atoms with van der Waals surface area (Å²) in [5.74, 6) is 0. The molecule has 0 bridgehead atoms. The average Bonchev–Trinajstić information content (AvgIpc) is 2.63. The summed E-state index contributed by atoms with van der Waals surface area (Å²) in [6.45, 7) is 3.04. The Balaban J connectivity index is 2.63. The van der Waals surface area contributed by atoms with Crippen LogP contribution in [-0.4, -0.2) is 9.55 Å². The summed E-state index contributed by atoms with van der Waals surface area (Å²) in [5, 5.41) is 3.11. The molecule has 1 aromatic carbocycles. The first-order chi connectivity index (χ1) is 8.22. The molecule has 3 rings (SSSR count). The number of aromatic nitrogens is 2. The smallest absolute Gasteiger partial charge is 0.0678 e. The highest BCUT2D eigenvalue weighted by Crippen LogP contribution is 2.35. The van der Waals surface area contributed by atoms with E-state index in [1.807, 2.05) is 30.6 Å². The molecule has 0 amide bonds. The third kappa shape index (κ3) is 1.57. The summed E-state index contributed by atoms with van der Waals surface area (Å²) in [6.07, 6.45) is 3.72. The molecule has 2 aromatic heterocycles. The number of aryl methyl sites for hydroxylation is 1. The standard InChI is InChI=1S/C13H10BrClN2/c1-2-17-12-7-16-4-3-9(12)10-5-8(15)6-11(14)13(10)17/h3-7H,2H2,1H3. The van der Waals surface area contributed by atoms with Gasteiger partial charge in [0.1, 0.15) is 0 Å². The molecule has 0 fully saturated rings. The minimum atomic E-state index is 0.747. The largest absolute Gasteiger partial charge is 0.339 e. The third-order valence-electron chi connectivity index (χ3n) is 3.00. The molecule has 0 aliphatic heterocycles. The fourth-order valence-corrected chi connectivity index (χ4v) is 3.35. The van der Waals surface area contributed by atoms with Crippen LogP contribution >= 0.6 is 27.5 Å². The van der Waals surface area contributed by atoms with E-state index in [4.69, 9.17) is 11.6 Å². The second-order valence-corrected chi connectivity index (χ2v) is 5.21. The zero-order valence-corrected chi connectivity index (χ0v) is 11.6. The quantitative estimate of drug-likeness (QED) is 0.641. The number of hydrogen-bond donors (Lipinski definition) is 0. The Hall–Kier alpha value is -1.06. The number of nitrogens with zero attached hydrogens (tertiary/aromatic N) is 2. The van der Waals surface area contributed by atoms with Crippen molar-refractivity contribution in [3.8, 4) is 0 Å². The highest BCUT2D eigenvalue weighted by atomic mass is 79.9. The number of fused-ring (bicyclic) bond motifs is 3. The van der Waals surface area contributed by atoms with Crippen molar-refractivity contribution < 1.29 is 0 Å². The third-order valence-corrected chi connectivity index (χ3v) is 3.82. The van der Waals surface area contributed by atoms with E-state index >= 15 is 0 Å². The molecule has 0 aliphatic carbocycles. The minimum Gasteiger partial charge on any atom is -0.339 e. The first-order valence-corrected chi connectivity index (χ1v) is 6.60. The second-order valence-electron chi connectivity index (χ2n) is 3.92. The molecule has 0 spiro atoms. The average molecular weight is 310 g/mol. The van der Waals surface area contributed by atoms with E-state index in [2.05, 4.69) is 32.4 Å². The van der Waals surface area contributed by atoms with Crippen LogP contribution in [0, 0.1) is 0 Å². The lowest BCUT2D eigenvalue weighted by atomic mass is 10.2. The van der Waals surface area contributed by atoms with Crippen molar-refractivity contribution in [2.24, 2.45) is 0 Å². The van der Waals surface area contributed by atoms with E-state index < -0.39 is 0 Å². The molecule has 3 aromatic rings. The number of halogens is 2. The maximum Gasteiger partial charge on any atom is 0.0678 e. The van der Waals surface area contributed by atoms with Crippen molar-refractivity contribution in [1.82, 2.24) is 9.55 Å². The van der Waals surface area contributed by atoms with Gasteiger partial charge in [-0.2, -0.15) is 0 Å². The molecule has 2 heterocycles. The van der Waals surface area contributed by atoms with Gasteiger partial charge in [0.05, 0.1) is 17.2 Å². The van der Waals surface area contributed by atoms with Crippen molar-refractivity contribution in [2.45, 2.75) is 13.5 Å². The second kappa shape index (κ2) is 4.00. The molecule has 17 heavy (non-hydrogen) atoms. The van der Waals surface area contributed by atoms with E-state index in [0.29, 0.717) is 0 Å². The molecule has 0 unspecified atom stereocenters. The van der Waals surface area contributed by atoms with Crippen LogP contribution in [0.25, 0.3) is 21.8 Å². The number of benzene rings is 1. The lowest BCUT2D eigenvalue weighted by Gasteiger charge is -2.04.